The number of fused-ring (bicyclic) bond motifs is 1. The zero-order chi connectivity index (χ0) is 22.1. The van der Waals surface area contributed by atoms with Crippen LogP contribution in [-0.2, 0) is 15.2 Å². The predicted octanol–water partition coefficient (Wildman–Crippen LogP) is 3.78. The van der Waals surface area contributed by atoms with E-state index in [9.17, 15) is 4.79 Å². The number of aryl methyl sites for hydroxylation is 1. The van der Waals surface area contributed by atoms with Crippen molar-refractivity contribution < 1.29 is 14.3 Å². The number of pyridine rings is 1. The number of esters is 1. The van der Waals surface area contributed by atoms with Crippen molar-refractivity contribution in [2.24, 2.45) is 0 Å². The Bertz CT molecular complexity index is 1140. The Morgan fingerprint density at radius 3 is 2.75 bits per heavy atom. The van der Waals surface area contributed by atoms with Crippen LogP contribution in [0.15, 0.2) is 29.4 Å². The fourth-order valence-corrected chi connectivity index (χ4v) is 5.09. The first-order chi connectivity index (χ1) is 15.7. The summed E-state index contributed by atoms with van der Waals surface area (Å²) in [5.41, 5.74) is 3.07. The first-order valence-electron chi connectivity index (χ1n) is 11.1. The number of morpholine rings is 1. The van der Waals surface area contributed by atoms with Gasteiger partial charge >= 0.3 is 5.97 Å². The van der Waals surface area contributed by atoms with Gasteiger partial charge in [0.05, 0.1) is 36.6 Å². The van der Waals surface area contributed by atoms with Crippen molar-refractivity contribution in [1.82, 2.24) is 19.7 Å². The number of carbonyl (C=O) groups excluding carboxylic acids is 1. The summed E-state index contributed by atoms with van der Waals surface area (Å²) >= 11 is 1.58. The molecule has 8 nitrogen and oxygen atoms in total. The fourth-order valence-electron chi connectivity index (χ4n) is 4.15. The van der Waals surface area contributed by atoms with Crippen molar-refractivity contribution in [2.45, 2.75) is 43.6 Å². The molecular weight excluding hydrogens is 426 g/mol. The zero-order valence-corrected chi connectivity index (χ0v) is 19.2. The molecule has 0 N–H and O–H groups in total. The summed E-state index contributed by atoms with van der Waals surface area (Å²) in [5.74, 6) is 1.12. The summed E-state index contributed by atoms with van der Waals surface area (Å²) in [5, 5.41) is 10.9. The highest BCUT2D eigenvalue weighted by atomic mass is 32.2. The normalized spacial score (nSPS) is 16.5. The fraction of sp³-hybridized carbons (Fsp3) is 0.478. The zero-order valence-electron chi connectivity index (χ0n) is 18.4. The molecule has 168 valence electrons. The van der Waals surface area contributed by atoms with Crippen LogP contribution in [0.4, 0.5) is 5.95 Å². The molecule has 3 heterocycles. The average Bonchev–Trinajstić information content (AvgIpc) is 3.57. The molecule has 2 fully saturated rings. The minimum atomic E-state index is -0.323. The van der Waals surface area contributed by atoms with E-state index in [4.69, 9.17) is 14.5 Å². The first kappa shape index (κ1) is 21.2. The topological polar surface area (TPSA) is 82.4 Å². The van der Waals surface area contributed by atoms with Crippen molar-refractivity contribution in [3.8, 4) is 0 Å². The molecule has 0 amide bonds. The first-order valence-corrected chi connectivity index (χ1v) is 12.1. The van der Waals surface area contributed by atoms with Gasteiger partial charge < -0.3 is 14.4 Å². The van der Waals surface area contributed by atoms with E-state index in [0.717, 1.165) is 59.2 Å². The minimum absolute atomic E-state index is 0.323. The van der Waals surface area contributed by atoms with Crippen LogP contribution in [0.2, 0.25) is 0 Å². The summed E-state index contributed by atoms with van der Waals surface area (Å²) in [6.07, 6.45) is 2.29. The molecule has 1 aliphatic heterocycles. The molecule has 0 unspecified atom stereocenters. The lowest BCUT2D eigenvalue weighted by atomic mass is 10.0. The quantitative estimate of drug-likeness (QED) is 0.395. The Hall–Kier alpha value is -2.65. The van der Waals surface area contributed by atoms with Gasteiger partial charge in [-0.25, -0.2) is 4.79 Å². The molecule has 32 heavy (non-hydrogen) atoms. The molecule has 1 aromatic carbocycles. The number of carbonyl (C=O) groups is 1. The highest BCUT2D eigenvalue weighted by Crippen LogP contribution is 2.41. The number of ether oxygens (including phenoxy) is 2. The minimum Gasteiger partial charge on any atom is -0.462 e. The molecule has 1 saturated heterocycles. The number of hydrogen-bond acceptors (Lipinski definition) is 8. The van der Waals surface area contributed by atoms with Crippen LogP contribution in [0.1, 0.15) is 47.4 Å². The molecule has 1 saturated carbocycles. The lowest BCUT2D eigenvalue weighted by Crippen LogP contribution is -2.38. The van der Waals surface area contributed by atoms with E-state index in [0.29, 0.717) is 37.2 Å². The van der Waals surface area contributed by atoms with E-state index in [1.54, 1.807) is 11.8 Å². The third kappa shape index (κ3) is 4.06. The molecule has 2 aromatic heterocycles. The van der Waals surface area contributed by atoms with E-state index in [-0.39, 0.29) is 5.97 Å². The molecule has 0 radical (unpaired) electrons. The molecule has 3 aromatic rings. The van der Waals surface area contributed by atoms with Gasteiger partial charge in [-0.3, -0.25) is 9.55 Å². The van der Waals surface area contributed by atoms with Crippen LogP contribution in [-0.4, -0.2) is 58.6 Å². The maximum absolute atomic E-state index is 12.8. The molecular formula is C23H27N5O3S. The monoisotopic (exact) mass is 453 g/mol. The van der Waals surface area contributed by atoms with Gasteiger partial charge in [0, 0.05) is 30.3 Å². The summed E-state index contributed by atoms with van der Waals surface area (Å²) in [6, 6.07) is 8.35. The Labute approximate surface area is 191 Å². The third-order valence-electron chi connectivity index (χ3n) is 5.90. The number of nitrogens with zero attached hydrogens (tertiary/aromatic N) is 5. The van der Waals surface area contributed by atoms with E-state index < -0.39 is 0 Å². The van der Waals surface area contributed by atoms with Crippen molar-refractivity contribution in [3.63, 3.8) is 0 Å². The van der Waals surface area contributed by atoms with Gasteiger partial charge in [0.1, 0.15) is 0 Å². The third-order valence-corrected chi connectivity index (χ3v) is 6.85. The number of aromatic nitrogens is 4. The van der Waals surface area contributed by atoms with Gasteiger partial charge in [0.2, 0.25) is 5.95 Å². The number of rotatable bonds is 7. The second kappa shape index (κ2) is 9.07. The highest BCUT2D eigenvalue weighted by Gasteiger charge is 2.32. The maximum atomic E-state index is 12.8. The van der Waals surface area contributed by atoms with Crippen LogP contribution in [0.25, 0.3) is 10.9 Å². The van der Waals surface area contributed by atoms with Crippen LogP contribution >= 0.6 is 11.8 Å². The van der Waals surface area contributed by atoms with Gasteiger partial charge in [-0.15, -0.1) is 10.2 Å². The summed E-state index contributed by atoms with van der Waals surface area (Å²) in [7, 11) is 0. The predicted molar refractivity (Wildman–Crippen MR) is 123 cm³/mol. The number of anilines is 1. The van der Waals surface area contributed by atoms with Crippen LogP contribution in [0.5, 0.6) is 0 Å². The van der Waals surface area contributed by atoms with Crippen molar-refractivity contribution in [2.75, 3.05) is 37.8 Å². The second-order valence-electron chi connectivity index (χ2n) is 8.07. The average molecular weight is 454 g/mol. The standard InChI is InChI=1S/C23H27N5O3S/c1-3-31-21(29)20-15(2)17-6-4-5-7-18(17)24-19(20)14-32-23-26-25-22(28(23)16-8-9-16)27-10-12-30-13-11-27/h4-7,16H,3,8-14H2,1-2H3. The van der Waals surface area contributed by atoms with Crippen molar-refractivity contribution in [3.05, 3.63) is 41.1 Å². The van der Waals surface area contributed by atoms with Gasteiger partial charge in [0.25, 0.3) is 0 Å². The highest BCUT2D eigenvalue weighted by molar-refractivity contribution is 7.98. The molecule has 0 spiro atoms. The summed E-state index contributed by atoms with van der Waals surface area (Å²) in [6.45, 7) is 7.19. The number of hydrogen-bond donors (Lipinski definition) is 0. The molecule has 2 aliphatic rings. The largest absolute Gasteiger partial charge is 0.462 e. The smallest absolute Gasteiger partial charge is 0.340 e. The SMILES string of the molecule is CCOC(=O)c1c(CSc2nnc(N3CCOCC3)n2C2CC2)nc2ccccc2c1C. The van der Waals surface area contributed by atoms with Crippen molar-refractivity contribution >= 4 is 34.6 Å². The number of thioether (sulfide) groups is 1. The number of benzene rings is 1. The Balaban J connectivity index is 1.47. The summed E-state index contributed by atoms with van der Waals surface area (Å²) in [4.78, 5) is 19.9. The van der Waals surface area contributed by atoms with Gasteiger partial charge in [-0.2, -0.15) is 0 Å². The molecule has 1 aliphatic carbocycles. The molecule has 5 rings (SSSR count). The molecule has 0 bridgehead atoms. The van der Waals surface area contributed by atoms with Crippen molar-refractivity contribution in [1.29, 1.82) is 0 Å². The van der Waals surface area contributed by atoms with Crippen LogP contribution in [0.3, 0.4) is 0 Å². The lowest BCUT2D eigenvalue weighted by Gasteiger charge is -2.27. The van der Waals surface area contributed by atoms with Crippen LogP contribution < -0.4 is 4.90 Å². The summed E-state index contributed by atoms with van der Waals surface area (Å²) < 4.78 is 13.1. The van der Waals surface area contributed by atoms with E-state index >= 15 is 0 Å². The molecule has 0 atom stereocenters. The van der Waals surface area contributed by atoms with Gasteiger partial charge in [-0.05, 0) is 38.3 Å². The number of para-hydroxylation sites is 1. The Kier molecular flexibility index (Phi) is 6.01. The second-order valence-corrected chi connectivity index (χ2v) is 9.01. The molecule has 9 heteroatoms. The lowest BCUT2D eigenvalue weighted by molar-refractivity contribution is 0.0524. The van der Waals surface area contributed by atoms with E-state index in [1.807, 2.05) is 38.1 Å². The van der Waals surface area contributed by atoms with Gasteiger partial charge in [-0.1, -0.05) is 30.0 Å². The Morgan fingerprint density at radius 2 is 2.00 bits per heavy atom. The van der Waals surface area contributed by atoms with Gasteiger partial charge in [0.15, 0.2) is 5.16 Å². The Morgan fingerprint density at radius 1 is 1.22 bits per heavy atom. The van der Waals surface area contributed by atoms with E-state index in [2.05, 4.69) is 19.7 Å². The maximum Gasteiger partial charge on any atom is 0.340 e. The van der Waals surface area contributed by atoms with E-state index in [1.165, 1.54) is 0 Å². The van der Waals surface area contributed by atoms with Crippen LogP contribution in [0, 0.1) is 6.92 Å².